The molecule has 1 heterocycles. The van der Waals surface area contributed by atoms with E-state index in [4.69, 9.17) is 14.3 Å². The highest BCUT2D eigenvalue weighted by Gasteiger charge is 1.98. The Morgan fingerprint density at radius 2 is 2.22 bits per heavy atom. The lowest BCUT2D eigenvalue weighted by Gasteiger charge is -2.02. The smallest absolute Gasteiger partial charge is 0.145 e. The predicted molar refractivity (Wildman–Crippen MR) is 69.5 cm³/mol. The molecule has 0 radical (unpaired) electrons. The maximum absolute atomic E-state index is 8.88. The minimum absolute atomic E-state index is 0.104. The van der Waals surface area contributed by atoms with Gasteiger partial charge in [0.1, 0.15) is 23.9 Å². The van der Waals surface area contributed by atoms with Crippen LogP contribution in [-0.4, -0.2) is 17.9 Å². The molecule has 4 nitrogen and oxygen atoms in total. The van der Waals surface area contributed by atoms with Crippen LogP contribution in [0.4, 0.5) is 5.69 Å². The summed E-state index contributed by atoms with van der Waals surface area (Å²) in [6, 6.07) is 11.0. The lowest BCUT2D eigenvalue weighted by Crippen LogP contribution is -1.90. The molecule has 4 heteroatoms. The van der Waals surface area contributed by atoms with Gasteiger partial charge in [0.05, 0.1) is 18.5 Å². The first kappa shape index (κ1) is 12.4. The number of benzene rings is 1. The second-order valence-electron chi connectivity index (χ2n) is 3.65. The summed E-state index contributed by atoms with van der Waals surface area (Å²) in [5.74, 6) is 1.93. The normalized spacial score (nSPS) is 11.0. The van der Waals surface area contributed by atoms with E-state index in [-0.39, 0.29) is 6.61 Å². The van der Waals surface area contributed by atoms with Gasteiger partial charge in [0.2, 0.25) is 0 Å². The molecular formula is C14H15NO3. The van der Waals surface area contributed by atoms with Crippen molar-refractivity contribution in [2.75, 3.05) is 6.61 Å². The summed E-state index contributed by atoms with van der Waals surface area (Å²) in [4.78, 5) is 4.29. The van der Waals surface area contributed by atoms with E-state index in [1.165, 1.54) is 0 Å². The monoisotopic (exact) mass is 245 g/mol. The van der Waals surface area contributed by atoms with Crippen molar-refractivity contribution < 1.29 is 14.3 Å². The van der Waals surface area contributed by atoms with E-state index in [0.717, 1.165) is 11.4 Å². The summed E-state index contributed by atoms with van der Waals surface area (Å²) in [5, 5.41) is 8.88. The van der Waals surface area contributed by atoms with Crippen molar-refractivity contribution in [2.24, 2.45) is 4.99 Å². The van der Waals surface area contributed by atoms with Crippen LogP contribution in [0.25, 0.3) is 0 Å². The largest absolute Gasteiger partial charge is 0.494 e. The summed E-state index contributed by atoms with van der Waals surface area (Å²) in [6.07, 6.45) is 1.62. The summed E-state index contributed by atoms with van der Waals surface area (Å²) in [7, 11) is 0. The average Bonchev–Trinajstić information content (AvgIpc) is 2.85. The Morgan fingerprint density at radius 1 is 1.33 bits per heavy atom. The molecule has 0 fully saturated rings. The van der Waals surface area contributed by atoms with Crippen molar-refractivity contribution in [2.45, 2.75) is 13.5 Å². The average molecular weight is 245 g/mol. The number of rotatable bonds is 5. The molecule has 0 amide bonds. The fourth-order valence-electron chi connectivity index (χ4n) is 1.51. The molecule has 0 aliphatic carbocycles. The highest BCUT2D eigenvalue weighted by Crippen LogP contribution is 2.20. The van der Waals surface area contributed by atoms with Crippen molar-refractivity contribution >= 4 is 11.9 Å². The molecule has 94 valence electrons. The number of hydrogen-bond acceptors (Lipinski definition) is 4. The van der Waals surface area contributed by atoms with Crippen LogP contribution >= 0.6 is 0 Å². The summed E-state index contributed by atoms with van der Waals surface area (Å²) in [5.41, 5.74) is 0.794. The number of aliphatic hydroxyl groups excluding tert-OH is 1. The van der Waals surface area contributed by atoms with Crippen molar-refractivity contribution in [3.05, 3.63) is 47.9 Å². The fraction of sp³-hybridized carbons (Fsp3) is 0.214. The molecule has 0 bridgehead atoms. The molecule has 18 heavy (non-hydrogen) atoms. The molecule has 1 N–H and O–H groups in total. The van der Waals surface area contributed by atoms with Crippen LogP contribution in [0, 0.1) is 0 Å². The SMILES string of the molecule is CCOc1cccc(N=Cc2ccc(CO)o2)c1. The zero-order valence-electron chi connectivity index (χ0n) is 10.2. The molecule has 2 rings (SSSR count). The summed E-state index contributed by atoms with van der Waals surface area (Å²) >= 11 is 0. The molecule has 2 aromatic rings. The van der Waals surface area contributed by atoms with Crippen LogP contribution in [0.5, 0.6) is 5.75 Å². The molecule has 0 saturated carbocycles. The molecule has 0 unspecified atom stereocenters. The van der Waals surface area contributed by atoms with Gasteiger partial charge in [-0.2, -0.15) is 0 Å². The van der Waals surface area contributed by atoms with Crippen LogP contribution in [0.2, 0.25) is 0 Å². The third kappa shape index (κ3) is 3.21. The van der Waals surface area contributed by atoms with Crippen LogP contribution in [0.1, 0.15) is 18.4 Å². The maximum Gasteiger partial charge on any atom is 0.145 e. The Hall–Kier alpha value is -2.07. The van der Waals surface area contributed by atoms with Crippen LogP contribution in [0.3, 0.4) is 0 Å². The van der Waals surface area contributed by atoms with E-state index in [0.29, 0.717) is 18.1 Å². The quantitative estimate of drug-likeness (QED) is 0.824. The van der Waals surface area contributed by atoms with E-state index >= 15 is 0 Å². The minimum Gasteiger partial charge on any atom is -0.494 e. The Bertz CT molecular complexity index is 531. The molecular weight excluding hydrogens is 230 g/mol. The number of hydrogen-bond donors (Lipinski definition) is 1. The molecule has 0 aliphatic rings. The van der Waals surface area contributed by atoms with Gasteiger partial charge in [-0.15, -0.1) is 0 Å². The number of aliphatic hydroxyl groups is 1. The van der Waals surface area contributed by atoms with E-state index in [2.05, 4.69) is 4.99 Å². The molecule has 0 aliphatic heterocycles. The fourth-order valence-corrected chi connectivity index (χ4v) is 1.51. The third-order valence-electron chi connectivity index (χ3n) is 2.31. The van der Waals surface area contributed by atoms with Crippen molar-refractivity contribution in [3.63, 3.8) is 0 Å². The molecule has 0 atom stereocenters. The van der Waals surface area contributed by atoms with Gasteiger partial charge in [0, 0.05) is 6.07 Å². The third-order valence-corrected chi connectivity index (χ3v) is 2.31. The Balaban J connectivity index is 2.10. The highest BCUT2D eigenvalue weighted by molar-refractivity contribution is 5.78. The minimum atomic E-state index is -0.104. The second-order valence-corrected chi connectivity index (χ2v) is 3.65. The van der Waals surface area contributed by atoms with Gasteiger partial charge in [0.15, 0.2) is 0 Å². The van der Waals surface area contributed by atoms with Gasteiger partial charge >= 0.3 is 0 Å². The highest BCUT2D eigenvalue weighted by atomic mass is 16.5. The van der Waals surface area contributed by atoms with Gasteiger partial charge < -0.3 is 14.3 Å². The molecule has 1 aromatic carbocycles. The lowest BCUT2D eigenvalue weighted by atomic mass is 10.3. The Morgan fingerprint density at radius 3 is 2.94 bits per heavy atom. The first-order valence-corrected chi connectivity index (χ1v) is 5.78. The van der Waals surface area contributed by atoms with Crippen molar-refractivity contribution in [1.29, 1.82) is 0 Å². The lowest BCUT2D eigenvalue weighted by molar-refractivity contribution is 0.247. The zero-order chi connectivity index (χ0) is 12.8. The molecule has 1 aromatic heterocycles. The van der Waals surface area contributed by atoms with Gasteiger partial charge in [-0.3, -0.25) is 4.99 Å². The van der Waals surface area contributed by atoms with Crippen molar-refractivity contribution in [1.82, 2.24) is 0 Å². The van der Waals surface area contributed by atoms with Crippen molar-refractivity contribution in [3.8, 4) is 5.75 Å². The van der Waals surface area contributed by atoms with Crippen LogP contribution in [0.15, 0.2) is 45.8 Å². The topological polar surface area (TPSA) is 55.0 Å². The van der Waals surface area contributed by atoms with E-state index in [1.807, 2.05) is 31.2 Å². The van der Waals surface area contributed by atoms with Gasteiger partial charge in [-0.1, -0.05) is 6.07 Å². The Kier molecular flexibility index (Phi) is 4.15. The van der Waals surface area contributed by atoms with Gasteiger partial charge in [0.25, 0.3) is 0 Å². The standard InChI is InChI=1S/C14H15NO3/c1-2-17-12-5-3-4-11(8-12)15-9-13-6-7-14(10-16)18-13/h3-9,16H,2,10H2,1H3. The number of ether oxygens (including phenoxy) is 1. The molecule has 0 saturated heterocycles. The first-order valence-electron chi connectivity index (χ1n) is 5.78. The number of aliphatic imine (C=N–C) groups is 1. The predicted octanol–water partition coefficient (Wildman–Crippen LogP) is 2.92. The van der Waals surface area contributed by atoms with E-state index in [1.54, 1.807) is 18.3 Å². The van der Waals surface area contributed by atoms with Crippen LogP contribution in [-0.2, 0) is 6.61 Å². The van der Waals surface area contributed by atoms with Crippen LogP contribution < -0.4 is 4.74 Å². The van der Waals surface area contributed by atoms with E-state index in [9.17, 15) is 0 Å². The Labute approximate surface area is 106 Å². The van der Waals surface area contributed by atoms with Gasteiger partial charge in [-0.05, 0) is 31.2 Å². The number of nitrogens with zero attached hydrogens (tertiary/aromatic N) is 1. The first-order chi connectivity index (χ1) is 8.81. The second kappa shape index (κ2) is 6.02. The van der Waals surface area contributed by atoms with E-state index < -0.39 is 0 Å². The summed E-state index contributed by atoms with van der Waals surface area (Å²) in [6.45, 7) is 2.47. The number of furan rings is 1. The maximum atomic E-state index is 8.88. The molecule has 0 spiro atoms. The zero-order valence-corrected chi connectivity index (χ0v) is 10.2. The van der Waals surface area contributed by atoms with Gasteiger partial charge in [-0.25, -0.2) is 0 Å². The summed E-state index contributed by atoms with van der Waals surface area (Å²) < 4.78 is 10.7.